The van der Waals surface area contributed by atoms with Crippen molar-refractivity contribution in [1.82, 2.24) is 19.5 Å². The van der Waals surface area contributed by atoms with E-state index in [4.69, 9.17) is 14.6 Å². The van der Waals surface area contributed by atoms with Crippen LogP contribution in [0.1, 0.15) is 45.1 Å². The van der Waals surface area contributed by atoms with E-state index in [-0.39, 0.29) is 0 Å². The molecule has 0 atom stereocenters. The number of anilines is 1. The molecule has 0 aliphatic carbocycles. The zero-order valence-electron chi connectivity index (χ0n) is 24.6. The Labute approximate surface area is 245 Å². The van der Waals surface area contributed by atoms with Gasteiger partial charge in [-0.3, -0.25) is 0 Å². The minimum atomic E-state index is 0.389. The van der Waals surface area contributed by atoms with E-state index in [1.54, 1.807) is 0 Å². The number of rotatable bonds is 5. The lowest BCUT2D eigenvalue weighted by atomic mass is 10.00. The van der Waals surface area contributed by atoms with Crippen LogP contribution in [0.5, 0.6) is 0 Å². The average molecular weight is 558 g/mol. The van der Waals surface area contributed by atoms with Gasteiger partial charge in [0.25, 0.3) is 0 Å². The molecule has 0 saturated carbocycles. The molecule has 3 aromatic heterocycles. The molecular weight excluding hydrogens is 522 g/mol. The van der Waals surface area contributed by atoms with Gasteiger partial charge >= 0.3 is 0 Å². The molecule has 0 unspecified atom stereocenters. The summed E-state index contributed by atoms with van der Waals surface area (Å²) in [5, 5.41) is 0. The van der Waals surface area contributed by atoms with Crippen molar-refractivity contribution in [3.8, 4) is 22.9 Å². The fourth-order valence-electron chi connectivity index (χ4n) is 5.35. The van der Waals surface area contributed by atoms with Crippen LogP contribution in [0.25, 0.3) is 56.1 Å². The summed E-state index contributed by atoms with van der Waals surface area (Å²) in [4.78, 5) is 13.7. The van der Waals surface area contributed by atoms with E-state index in [9.17, 15) is 0 Å². The van der Waals surface area contributed by atoms with Crippen molar-refractivity contribution in [3.63, 3.8) is 0 Å². The number of fused-ring (bicyclic) bond motifs is 3. The van der Waals surface area contributed by atoms with Crippen LogP contribution in [-0.4, -0.2) is 19.5 Å². The first-order valence-corrected chi connectivity index (χ1v) is 14.4. The van der Waals surface area contributed by atoms with Gasteiger partial charge in [0.1, 0.15) is 16.9 Å². The molecule has 2 N–H and O–H groups in total. The van der Waals surface area contributed by atoms with Gasteiger partial charge in [-0.15, -0.1) is 0 Å². The summed E-state index contributed by atoms with van der Waals surface area (Å²) in [5.74, 6) is 2.88. The monoisotopic (exact) mass is 557 g/mol. The highest BCUT2D eigenvalue weighted by atomic mass is 16.4. The van der Waals surface area contributed by atoms with E-state index in [2.05, 4.69) is 59.3 Å². The first-order chi connectivity index (χ1) is 20.3. The third-order valence-electron chi connectivity index (χ3n) is 7.24. The third-order valence-corrected chi connectivity index (χ3v) is 7.24. The Bertz CT molecular complexity index is 1950. The number of nitrogens with zero attached hydrogens (tertiary/aromatic N) is 4. The number of nitrogen functional groups attached to an aromatic ring is 1. The summed E-state index contributed by atoms with van der Waals surface area (Å²) in [6.45, 7) is 10.8. The smallest absolute Gasteiger partial charge is 0.227 e. The van der Waals surface area contributed by atoms with E-state index in [1.165, 1.54) is 5.56 Å². The largest absolute Gasteiger partial charge is 0.436 e. The van der Waals surface area contributed by atoms with Gasteiger partial charge in [-0.25, -0.2) is 15.0 Å². The van der Waals surface area contributed by atoms with Crippen LogP contribution >= 0.6 is 0 Å². The predicted octanol–water partition coefficient (Wildman–Crippen LogP) is 9.01. The van der Waals surface area contributed by atoms with Crippen LogP contribution in [0.2, 0.25) is 0 Å². The molecule has 0 fully saturated rings. The van der Waals surface area contributed by atoms with Gasteiger partial charge in [0.05, 0.1) is 11.0 Å². The van der Waals surface area contributed by atoms with Gasteiger partial charge in [-0.1, -0.05) is 44.2 Å². The molecule has 0 radical (unpaired) electrons. The fourth-order valence-corrected chi connectivity index (χ4v) is 5.35. The van der Waals surface area contributed by atoms with Crippen molar-refractivity contribution >= 4 is 38.9 Å². The Hall–Kier alpha value is -4.91. The second kappa shape index (κ2) is 11.2. The lowest BCUT2D eigenvalue weighted by Gasteiger charge is -2.10. The molecule has 3 heterocycles. The summed E-state index contributed by atoms with van der Waals surface area (Å²) in [7, 11) is 0. The topological polar surface area (TPSA) is 95.9 Å². The summed E-state index contributed by atoms with van der Waals surface area (Å²) >= 11 is 0. The number of para-hydroxylation sites is 4. The Morgan fingerprint density at radius 3 is 1.81 bits per heavy atom. The maximum absolute atomic E-state index is 6.13. The number of imidazole rings is 1. The highest BCUT2D eigenvalue weighted by molar-refractivity contribution is 5.83. The molecule has 0 aliphatic rings. The number of nitrogens with two attached hydrogens (primary N) is 1. The van der Waals surface area contributed by atoms with Gasteiger partial charge in [-0.2, -0.15) is 0 Å². The van der Waals surface area contributed by atoms with Gasteiger partial charge < -0.3 is 19.1 Å². The second-order valence-corrected chi connectivity index (χ2v) is 11.3. The maximum Gasteiger partial charge on any atom is 0.227 e. The first kappa shape index (κ1) is 27.3. The van der Waals surface area contributed by atoms with Crippen molar-refractivity contribution in [2.75, 3.05) is 5.73 Å². The summed E-state index contributed by atoms with van der Waals surface area (Å²) < 4.78 is 13.8. The van der Waals surface area contributed by atoms with Gasteiger partial charge in [0.15, 0.2) is 11.2 Å². The zero-order valence-corrected chi connectivity index (χ0v) is 24.6. The van der Waals surface area contributed by atoms with Crippen molar-refractivity contribution in [2.45, 2.75) is 47.1 Å². The van der Waals surface area contributed by atoms with Crippen molar-refractivity contribution in [2.24, 2.45) is 5.92 Å². The predicted molar refractivity (Wildman–Crippen MR) is 170 cm³/mol. The highest BCUT2D eigenvalue weighted by Crippen LogP contribution is 2.29. The third kappa shape index (κ3) is 5.38. The molecule has 42 heavy (non-hydrogen) atoms. The van der Waals surface area contributed by atoms with Crippen LogP contribution in [0.4, 0.5) is 5.69 Å². The number of hydrogen-bond acceptors (Lipinski definition) is 6. The minimum Gasteiger partial charge on any atom is -0.436 e. The summed E-state index contributed by atoms with van der Waals surface area (Å²) in [6, 6.07) is 28.2. The van der Waals surface area contributed by atoms with Gasteiger partial charge in [0.2, 0.25) is 11.8 Å². The van der Waals surface area contributed by atoms with E-state index >= 15 is 0 Å². The van der Waals surface area contributed by atoms with Crippen LogP contribution in [0.3, 0.4) is 0 Å². The number of oxazole rings is 2. The Balaban J connectivity index is 0.000000151. The van der Waals surface area contributed by atoms with Gasteiger partial charge in [-0.05, 0) is 93.3 Å². The van der Waals surface area contributed by atoms with Gasteiger partial charge in [0, 0.05) is 22.9 Å². The number of hydrogen-bond donors (Lipinski definition) is 1. The summed E-state index contributed by atoms with van der Waals surface area (Å²) in [5.41, 5.74) is 15.5. The maximum atomic E-state index is 6.13. The Morgan fingerprint density at radius 2 is 1.26 bits per heavy atom. The molecule has 0 spiro atoms. The molecule has 0 amide bonds. The number of aryl methyl sites for hydroxylation is 1. The van der Waals surface area contributed by atoms with Crippen LogP contribution < -0.4 is 5.73 Å². The van der Waals surface area contributed by atoms with E-state index < -0.39 is 0 Å². The van der Waals surface area contributed by atoms with Crippen molar-refractivity contribution in [3.05, 3.63) is 96.3 Å². The van der Waals surface area contributed by atoms with Crippen molar-refractivity contribution in [1.29, 1.82) is 0 Å². The van der Waals surface area contributed by atoms with Crippen LogP contribution in [0.15, 0.2) is 93.8 Å². The fraction of sp³-hybridized carbons (Fsp3) is 0.229. The molecule has 7 aromatic rings. The Morgan fingerprint density at radius 1 is 0.690 bits per heavy atom. The highest BCUT2D eigenvalue weighted by Gasteiger charge is 2.14. The van der Waals surface area contributed by atoms with Crippen LogP contribution in [-0.2, 0) is 6.42 Å². The molecule has 0 aliphatic heterocycles. The van der Waals surface area contributed by atoms with E-state index in [0.717, 1.165) is 62.3 Å². The molecule has 0 bridgehead atoms. The van der Waals surface area contributed by atoms with Crippen LogP contribution in [0, 0.1) is 12.8 Å². The van der Waals surface area contributed by atoms with E-state index in [0.29, 0.717) is 23.7 Å². The molecule has 4 aromatic carbocycles. The van der Waals surface area contributed by atoms with E-state index in [1.807, 2.05) is 79.7 Å². The molecule has 7 nitrogen and oxygen atoms in total. The number of aromatic nitrogens is 4. The van der Waals surface area contributed by atoms with Crippen molar-refractivity contribution < 1.29 is 8.83 Å². The standard InChI is InChI=1S/C18H17N3O.C17H18N2O/c1-11(2)21-12(3)19-15-10-13(8-9-16(15)21)18-20-14-6-4-5-7-17(14)22-18;1-11(2)9-12-7-8-13(10-14(12)18)17-19-15-5-3-4-6-16(15)20-17/h4-11H,1-3H3;3-8,10-11H,9,18H2,1-2H3. The molecule has 7 heteroatoms. The summed E-state index contributed by atoms with van der Waals surface area (Å²) in [6.07, 6.45) is 0.986. The minimum absolute atomic E-state index is 0.389. The number of benzene rings is 4. The second-order valence-electron chi connectivity index (χ2n) is 11.3. The zero-order chi connectivity index (χ0) is 29.4. The first-order valence-electron chi connectivity index (χ1n) is 14.4. The molecular formula is C35H35N5O2. The normalized spacial score (nSPS) is 11.6. The lowest BCUT2D eigenvalue weighted by Crippen LogP contribution is -2.02. The Kier molecular flexibility index (Phi) is 7.25. The quantitative estimate of drug-likeness (QED) is 0.212. The molecule has 0 saturated heterocycles. The molecule has 7 rings (SSSR count). The lowest BCUT2D eigenvalue weighted by molar-refractivity contribution is 0.600. The average Bonchev–Trinajstić information content (AvgIpc) is 3.68. The molecule has 212 valence electrons. The SMILES string of the molecule is CC(C)Cc1ccc(-c2nc3ccccc3o2)cc1N.Cc1nc2cc(-c3nc4ccccc4o3)ccc2n1C(C)C.